The van der Waals surface area contributed by atoms with E-state index in [0.717, 1.165) is 24.4 Å². The van der Waals surface area contributed by atoms with Crippen LogP contribution in [0.4, 0.5) is 0 Å². The van der Waals surface area contributed by atoms with Crippen molar-refractivity contribution in [1.29, 1.82) is 0 Å². The third-order valence-electron chi connectivity index (χ3n) is 5.84. The van der Waals surface area contributed by atoms with Crippen LogP contribution in [0.25, 0.3) is 0 Å². The average molecular weight is 236 g/mol. The molecule has 17 heavy (non-hydrogen) atoms. The fraction of sp³-hybridized carbons (Fsp3) is 1.00. The highest BCUT2D eigenvalue weighted by Crippen LogP contribution is 2.53. The first-order valence-corrected chi connectivity index (χ1v) is 7.98. The highest BCUT2D eigenvalue weighted by Gasteiger charge is 2.55. The minimum Gasteiger partial charge on any atom is -0.374 e. The second-order valence-corrected chi connectivity index (χ2v) is 6.74. The van der Waals surface area contributed by atoms with Crippen molar-refractivity contribution in [2.24, 2.45) is 17.8 Å². The summed E-state index contributed by atoms with van der Waals surface area (Å²) in [6, 6.07) is 0. The van der Waals surface area contributed by atoms with Crippen LogP contribution in [0.2, 0.25) is 0 Å². The van der Waals surface area contributed by atoms with Crippen molar-refractivity contribution in [3.8, 4) is 0 Å². The number of ether oxygens (including phenoxy) is 1. The van der Waals surface area contributed by atoms with Crippen molar-refractivity contribution in [2.45, 2.75) is 76.7 Å². The van der Waals surface area contributed by atoms with E-state index in [0.29, 0.717) is 5.60 Å². The van der Waals surface area contributed by atoms with E-state index < -0.39 is 0 Å². The SMILES string of the molecule is CC1COC1(C1CCCCC1)C1CCCCC1. The summed E-state index contributed by atoms with van der Waals surface area (Å²) in [5.41, 5.74) is 0.320. The Labute approximate surface area is 106 Å². The fourth-order valence-corrected chi connectivity index (χ4v) is 4.92. The zero-order valence-electron chi connectivity index (χ0n) is 11.4. The topological polar surface area (TPSA) is 9.23 Å². The standard InChI is InChI=1S/C16H28O/c1-13-12-17-16(13,14-8-4-2-5-9-14)15-10-6-3-7-11-15/h13-15H,2-12H2,1H3. The molecule has 98 valence electrons. The van der Waals surface area contributed by atoms with Gasteiger partial charge < -0.3 is 4.74 Å². The number of hydrogen-bond acceptors (Lipinski definition) is 1. The minimum absolute atomic E-state index is 0.320. The van der Waals surface area contributed by atoms with Gasteiger partial charge in [0.2, 0.25) is 0 Å². The first-order chi connectivity index (χ1) is 8.34. The molecule has 0 aromatic carbocycles. The van der Waals surface area contributed by atoms with Crippen LogP contribution in [0.15, 0.2) is 0 Å². The lowest BCUT2D eigenvalue weighted by Gasteiger charge is -2.58. The quantitative estimate of drug-likeness (QED) is 0.683. The summed E-state index contributed by atoms with van der Waals surface area (Å²) in [6.45, 7) is 3.49. The number of rotatable bonds is 2. The van der Waals surface area contributed by atoms with Crippen molar-refractivity contribution in [3.63, 3.8) is 0 Å². The summed E-state index contributed by atoms with van der Waals surface area (Å²) >= 11 is 0. The highest BCUT2D eigenvalue weighted by molar-refractivity contribution is 5.04. The van der Waals surface area contributed by atoms with Crippen molar-refractivity contribution < 1.29 is 4.74 Å². The number of hydrogen-bond donors (Lipinski definition) is 0. The van der Waals surface area contributed by atoms with Gasteiger partial charge in [-0.2, -0.15) is 0 Å². The Kier molecular flexibility index (Phi) is 3.47. The molecule has 1 heterocycles. The maximum atomic E-state index is 6.31. The summed E-state index contributed by atoms with van der Waals surface area (Å²) in [5.74, 6) is 2.61. The van der Waals surface area contributed by atoms with Gasteiger partial charge in [-0.3, -0.25) is 0 Å². The van der Waals surface area contributed by atoms with Crippen LogP contribution >= 0.6 is 0 Å². The van der Waals surface area contributed by atoms with E-state index in [4.69, 9.17) is 4.74 Å². The molecule has 1 nitrogen and oxygen atoms in total. The van der Waals surface area contributed by atoms with E-state index >= 15 is 0 Å². The molecule has 2 saturated carbocycles. The van der Waals surface area contributed by atoms with Gasteiger partial charge >= 0.3 is 0 Å². The molecule has 0 N–H and O–H groups in total. The molecule has 3 fully saturated rings. The summed E-state index contributed by atoms with van der Waals surface area (Å²) < 4.78 is 6.31. The summed E-state index contributed by atoms with van der Waals surface area (Å²) in [4.78, 5) is 0. The molecular weight excluding hydrogens is 208 g/mol. The lowest BCUT2D eigenvalue weighted by Crippen LogP contribution is -2.62. The molecule has 1 saturated heterocycles. The van der Waals surface area contributed by atoms with Crippen LogP contribution in [-0.2, 0) is 4.74 Å². The van der Waals surface area contributed by atoms with Gasteiger partial charge in [-0.25, -0.2) is 0 Å². The summed E-state index contributed by atoms with van der Waals surface area (Å²) in [7, 11) is 0. The third kappa shape index (κ3) is 1.95. The van der Waals surface area contributed by atoms with E-state index in [2.05, 4.69) is 6.92 Å². The lowest BCUT2D eigenvalue weighted by atomic mass is 9.59. The Morgan fingerprint density at radius 1 is 0.765 bits per heavy atom. The fourth-order valence-electron chi connectivity index (χ4n) is 4.92. The second-order valence-electron chi connectivity index (χ2n) is 6.74. The van der Waals surface area contributed by atoms with Crippen LogP contribution in [0.5, 0.6) is 0 Å². The molecule has 0 aromatic heterocycles. The van der Waals surface area contributed by atoms with Crippen LogP contribution in [0.3, 0.4) is 0 Å². The molecule has 1 unspecified atom stereocenters. The minimum atomic E-state index is 0.320. The zero-order valence-corrected chi connectivity index (χ0v) is 11.4. The largest absolute Gasteiger partial charge is 0.374 e. The van der Waals surface area contributed by atoms with Gasteiger partial charge in [-0.15, -0.1) is 0 Å². The van der Waals surface area contributed by atoms with Gasteiger partial charge in [0.1, 0.15) is 0 Å². The van der Waals surface area contributed by atoms with E-state index in [1.807, 2.05) is 0 Å². The van der Waals surface area contributed by atoms with Crippen molar-refractivity contribution in [1.82, 2.24) is 0 Å². The molecule has 3 rings (SSSR count). The third-order valence-corrected chi connectivity index (χ3v) is 5.84. The van der Waals surface area contributed by atoms with Gasteiger partial charge in [0.25, 0.3) is 0 Å². The molecule has 2 aliphatic carbocycles. The van der Waals surface area contributed by atoms with Crippen molar-refractivity contribution in [2.75, 3.05) is 6.61 Å². The van der Waals surface area contributed by atoms with Crippen LogP contribution < -0.4 is 0 Å². The van der Waals surface area contributed by atoms with Gasteiger partial charge in [0, 0.05) is 5.92 Å². The highest BCUT2D eigenvalue weighted by atomic mass is 16.5. The van der Waals surface area contributed by atoms with E-state index in [1.165, 1.54) is 64.2 Å². The Morgan fingerprint density at radius 2 is 1.24 bits per heavy atom. The normalized spacial score (nSPS) is 35.5. The summed E-state index contributed by atoms with van der Waals surface area (Å²) in [6.07, 6.45) is 14.5. The molecule has 3 aliphatic rings. The molecule has 1 heteroatoms. The van der Waals surface area contributed by atoms with Crippen LogP contribution in [0.1, 0.15) is 71.1 Å². The Hall–Kier alpha value is -0.0400. The van der Waals surface area contributed by atoms with E-state index in [-0.39, 0.29) is 0 Å². The molecular formula is C16H28O. The lowest BCUT2D eigenvalue weighted by molar-refractivity contribution is -0.266. The second kappa shape index (κ2) is 4.91. The van der Waals surface area contributed by atoms with Gasteiger partial charge in [-0.05, 0) is 37.5 Å². The summed E-state index contributed by atoms with van der Waals surface area (Å²) in [5, 5.41) is 0. The van der Waals surface area contributed by atoms with Gasteiger partial charge in [-0.1, -0.05) is 45.4 Å². The Morgan fingerprint density at radius 3 is 1.53 bits per heavy atom. The van der Waals surface area contributed by atoms with Gasteiger partial charge in [0.15, 0.2) is 0 Å². The maximum Gasteiger partial charge on any atom is 0.0785 e. The molecule has 1 aliphatic heterocycles. The zero-order chi connectivity index (χ0) is 11.7. The molecule has 0 amide bonds. The molecule has 0 spiro atoms. The first-order valence-electron chi connectivity index (χ1n) is 7.98. The van der Waals surface area contributed by atoms with E-state index in [9.17, 15) is 0 Å². The first kappa shape index (κ1) is 12.0. The Balaban J connectivity index is 1.76. The monoisotopic (exact) mass is 236 g/mol. The van der Waals surface area contributed by atoms with Crippen molar-refractivity contribution >= 4 is 0 Å². The molecule has 1 atom stereocenters. The predicted molar refractivity (Wildman–Crippen MR) is 71.0 cm³/mol. The Bertz CT molecular complexity index is 230. The molecule has 0 aromatic rings. The predicted octanol–water partition coefficient (Wildman–Crippen LogP) is 4.55. The van der Waals surface area contributed by atoms with Crippen LogP contribution in [0, 0.1) is 17.8 Å². The average Bonchev–Trinajstić information content (AvgIpc) is 2.40. The van der Waals surface area contributed by atoms with E-state index in [1.54, 1.807) is 0 Å². The molecule has 0 radical (unpaired) electrons. The maximum absolute atomic E-state index is 6.31. The van der Waals surface area contributed by atoms with Crippen molar-refractivity contribution in [3.05, 3.63) is 0 Å². The molecule has 0 bridgehead atoms. The van der Waals surface area contributed by atoms with Gasteiger partial charge in [0.05, 0.1) is 12.2 Å². The smallest absolute Gasteiger partial charge is 0.0785 e. The van der Waals surface area contributed by atoms with Crippen LogP contribution in [-0.4, -0.2) is 12.2 Å².